The van der Waals surface area contributed by atoms with Gasteiger partial charge < -0.3 is 0 Å². The van der Waals surface area contributed by atoms with Crippen LogP contribution in [0.5, 0.6) is 0 Å². The Kier molecular flexibility index (Phi) is 3.60. The van der Waals surface area contributed by atoms with Crippen LogP contribution in [0.1, 0.15) is 5.56 Å². The topological polar surface area (TPSA) is 32.3 Å². The molecule has 0 aliphatic heterocycles. The average molecular weight is 216 g/mol. The Hall–Kier alpha value is -0.341. The van der Waals surface area contributed by atoms with E-state index in [-0.39, 0.29) is 15.3 Å². The first-order chi connectivity index (χ1) is 5.38. The van der Waals surface area contributed by atoms with Crippen LogP contribution in [-0.4, -0.2) is 26.5 Å². The summed E-state index contributed by atoms with van der Waals surface area (Å²) in [5.74, 6) is 0. The maximum atomic E-state index is 8.98. The zero-order chi connectivity index (χ0) is 8.10. The van der Waals surface area contributed by atoms with Crippen LogP contribution in [0, 0.1) is 0 Å². The molecule has 2 nitrogen and oxygen atoms in total. The van der Waals surface area contributed by atoms with Crippen LogP contribution >= 0.6 is 0 Å². The molecule has 2 N–H and O–H groups in total. The molecule has 0 fully saturated rings. The van der Waals surface area contributed by atoms with Crippen LogP contribution in [0.25, 0.3) is 0 Å². The van der Waals surface area contributed by atoms with Crippen molar-refractivity contribution < 1.29 is 4.19 Å². The Morgan fingerprint density at radius 3 is 2.82 bits per heavy atom. The van der Waals surface area contributed by atoms with Crippen molar-refractivity contribution in [1.29, 1.82) is 0 Å². The molecule has 0 saturated carbocycles. The van der Waals surface area contributed by atoms with E-state index in [1.807, 2.05) is 31.3 Å². The van der Waals surface area contributed by atoms with Crippen molar-refractivity contribution in [1.82, 2.24) is 5.32 Å². The molecule has 1 aromatic rings. The van der Waals surface area contributed by atoms with Crippen molar-refractivity contribution in [2.45, 2.75) is 6.54 Å². The minimum atomic E-state index is -0.382. The van der Waals surface area contributed by atoms with Crippen molar-refractivity contribution in [3.8, 4) is 0 Å². The number of rotatable bonds is 3. The van der Waals surface area contributed by atoms with E-state index in [4.69, 9.17) is 4.19 Å². The summed E-state index contributed by atoms with van der Waals surface area (Å²) >= 11 is -0.382. The molecule has 0 aliphatic carbocycles. The van der Waals surface area contributed by atoms with Gasteiger partial charge in [-0.2, -0.15) is 0 Å². The van der Waals surface area contributed by atoms with Crippen molar-refractivity contribution >= 4 is 19.7 Å². The fraction of sp³-hybridized carbons (Fsp3) is 0.250. The monoisotopic (exact) mass is 217 g/mol. The molecule has 0 heterocycles. The molecule has 0 amide bonds. The van der Waals surface area contributed by atoms with Crippen LogP contribution in [0.15, 0.2) is 24.3 Å². The Morgan fingerprint density at radius 1 is 1.45 bits per heavy atom. The van der Waals surface area contributed by atoms with Gasteiger partial charge in [-0.15, -0.1) is 0 Å². The van der Waals surface area contributed by atoms with Gasteiger partial charge in [0.2, 0.25) is 0 Å². The van der Waals surface area contributed by atoms with E-state index in [2.05, 4.69) is 5.32 Å². The van der Waals surface area contributed by atoms with Gasteiger partial charge >= 0.3 is 72.7 Å². The Bertz CT molecular complexity index is 227. The zero-order valence-corrected chi connectivity index (χ0v) is 8.09. The molecule has 0 aliphatic rings. The van der Waals surface area contributed by atoms with Gasteiger partial charge in [-0.3, -0.25) is 0 Å². The number of hydrogen-bond donors (Lipinski definition) is 2. The standard InChI is InChI=1S/C8H11NOSe/c1-9-6-7-4-2-3-5-8(7)11-10/h2-5,9-10H,6H2,1H3. The van der Waals surface area contributed by atoms with Crippen molar-refractivity contribution in [2.24, 2.45) is 0 Å². The summed E-state index contributed by atoms with van der Waals surface area (Å²) in [6.07, 6.45) is 0. The number of nitrogens with one attached hydrogen (secondary N) is 1. The van der Waals surface area contributed by atoms with E-state index in [9.17, 15) is 0 Å². The molecule has 0 atom stereocenters. The second kappa shape index (κ2) is 4.52. The normalized spacial score (nSPS) is 10.0. The minimum absolute atomic E-state index is 0.382. The fourth-order valence-corrected chi connectivity index (χ4v) is 1.76. The van der Waals surface area contributed by atoms with Crippen LogP contribution in [0.2, 0.25) is 0 Å². The van der Waals surface area contributed by atoms with Gasteiger partial charge in [-0.05, 0) is 0 Å². The summed E-state index contributed by atoms with van der Waals surface area (Å²) in [7, 11) is 1.90. The summed E-state index contributed by atoms with van der Waals surface area (Å²) in [5.41, 5.74) is 1.19. The van der Waals surface area contributed by atoms with Crippen molar-refractivity contribution in [2.75, 3.05) is 7.05 Å². The van der Waals surface area contributed by atoms with Crippen molar-refractivity contribution in [3.05, 3.63) is 29.8 Å². The predicted octanol–water partition coefficient (Wildman–Crippen LogP) is -0.357. The average Bonchev–Trinajstić information content (AvgIpc) is 2.06. The van der Waals surface area contributed by atoms with E-state index < -0.39 is 0 Å². The molecule has 0 aromatic heterocycles. The second-order valence-corrected chi connectivity index (χ2v) is 3.54. The van der Waals surface area contributed by atoms with Crippen LogP contribution in [0.4, 0.5) is 0 Å². The van der Waals surface area contributed by atoms with Gasteiger partial charge in [0, 0.05) is 0 Å². The van der Waals surface area contributed by atoms with E-state index in [1.165, 1.54) is 5.56 Å². The second-order valence-electron chi connectivity index (χ2n) is 2.23. The Balaban J connectivity index is 2.83. The third kappa shape index (κ3) is 2.31. The predicted molar refractivity (Wildman–Crippen MR) is 46.8 cm³/mol. The van der Waals surface area contributed by atoms with Gasteiger partial charge in [0.25, 0.3) is 0 Å². The molecular weight excluding hydrogens is 205 g/mol. The molecule has 60 valence electrons. The summed E-state index contributed by atoms with van der Waals surface area (Å²) in [6.45, 7) is 0.832. The zero-order valence-electron chi connectivity index (χ0n) is 6.37. The molecule has 3 heteroatoms. The van der Waals surface area contributed by atoms with Gasteiger partial charge in [0.1, 0.15) is 0 Å². The fourth-order valence-electron chi connectivity index (χ4n) is 0.929. The summed E-state index contributed by atoms with van der Waals surface area (Å²) in [6, 6.07) is 7.94. The van der Waals surface area contributed by atoms with Gasteiger partial charge in [-0.25, -0.2) is 0 Å². The Morgan fingerprint density at radius 2 is 2.18 bits per heavy atom. The quantitative estimate of drug-likeness (QED) is 0.676. The number of hydrogen-bond acceptors (Lipinski definition) is 2. The first-order valence-corrected chi connectivity index (χ1v) is 5.04. The molecule has 11 heavy (non-hydrogen) atoms. The summed E-state index contributed by atoms with van der Waals surface area (Å²) in [5, 5.41) is 3.06. The number of benzene rings is 1. The van der Waals surface area contributed by atoms with Crippen LogP contribution < -0.4 is 9.78 Å². The molecule has 0 unspecified atom stereocenters. The van der Waals surface area contributed by atoms with Gasteiger partial charge in [0.15, 0.2) is 0 Å². The van der Waals surface area contributed by atoms with Gasteiger partial charge in [-0.1, -0.05) is 0 Å². The third-order valence-corrected chi connectivity index (χ3v) is 2.69. The summed E-state index contributed by atoms with van der Waals surface area (Å²) < 4.78 is 10.0. The third-order valence-electron chi connectivity index (χ3n) is 1.44. The molecule has 1 aromatic carbocycles. The summed E-state index contributed by atoms with van der Waals surface area (Å²) in [4.78, 5) is 0. The van der Waals surface area contributed by atoms with Crippen LogP contribution in [0.3, 0.4) is 0 Å². The Labute approximate surface area is 73.1 Å². The molecule has 0 radical (unpaired) electrons. The molecule has 0 saturated heterocycles. The van der Waals surface area contributed by atoms with E-state index in [0.717, 1.165) is 11.0 Å². The molecular formula is C8H11NOSe. The molecule has 0 bridgehead atoms. The SMILES string of the molecule is CNCc1ccccc1[Se]O. The van der Waals surface area contributed by atoms with Gasteiger partial charge in [0.05, 0.1) is 0 Å². The van der Waals surface area contributed by atoms with E-state index in [1.54, 1.807) is 0 Å². The maximum absolute atomic E-state index is 8.98. The first-order valence-electron chi connectivity index (χ1n) is 3.42. The van der Waals surface area contributed by atoms with E-state index >= 15 is 0 Å². The van der Waals surface area contributed by atoms with E-state index in [0.29, 0.717) is 0 Å². The van der Waals surface area contributed by atoms with Crippen LogP contribution in [-0.2, 0) is 6.54 Å². The molecule has 1 rings (SSSR count). The van der Waals surface area contributed by atoms with Crippen molar-refractivity contribution in [3.63, 3.8) is 0 Å². The molecule has 0 spiro atoms. The first kappa shape index (κ1) is 8.75.